The SMILES string of the molecule is CCn1cc(S(=O)(=O)Nc2ccncc2)cc1CO. The van der Waals surface area contributed by atoms with Gasteiger partial charge in [-0.2, -0.15) is 0 Å². The third-order valence-corrected chi connectivity index (χ3v) is 4.05. The van der Waals surface area contributed by atoms with Crippen LogP contribution in [0.4, 0.5) is 5.69 Å². The lowest BCUT2D eigenvalue weighted by molar-refractivity contribution is 0.271. The second-order valence-electron chi connectivity index (χ2n) is 3.95. The first kappa shape index (κ1) is 13.6. The summed E-state index contributed by atoms with van der Waals surface area (Å²) in [6.07, 6.45) is 4.53. The van der Waals surface area contributed by atoms with Crippen LogP contribution in [-0.4, -0.2) is 23.1 Å². The van der Waals surface area contributed by atoms with Crippen molar-refractivity contribution in [1.82, 2.24) is 9.55 Å². The molecule has 0 aliphatic rings. The number of aromatic nitrogens is 2. The average Bonchev–Trinajstić information content (AvgIpc) is 2.83. The highest BCUT2D eigenvalue weighted by Gasteiger charge is 2.17. The Morgan fingerprint density at radius 2 is 2.05 bits per heavy atom. The summed E-state index contributed by atoms with van der Waals surface area (Å²) in [5.41, 5.74) is 1.02. The van der Waals surface area contributed by atoms with Crippen molar-refractivity contribution in [2.75, 3.05) is 4.72 Å². The Balaban J connectivity index is 2.32. The van der Waals surface area contributed by atoms with Crippen molar-refractivity contribution in [1.29, 1.82) is 0 Å². The second kappa shape index (κ2) is 5.41. The number of nitrogens with zero attached hydrogens (tertiary/aromatic N) is 2. The van der Waals surface area contributed by atoms with Crippen molar-refractivity contribution in [3.05, 3.63) is 42.5 Å². The topological polar surface area (TPSA) is 84.2 Å². The van der Waals surface area contributed by atoms with E-state index in [1.807, 2.05) is 6.92 Å². The van der Waals surface area contributed by atoms with Gasteiger partial charge in [0.1, 0.15) is 4.90 Å². The van der Waals surface area contributed by atoms with Crippen LogP contribution >= 0.6 is 0 Å². The predicted octanol–water partition coefficient (Wildman–Crippen LogP) is 1.20. The summed E-state index contributed by atoms with van der Waals surface area (Å²) < 4.78 is 28.5. The van der Waals surface area contributed by atoms with Gasteiger partial charge < -0.3 is 9.67 Å². The van der Waals surface area contributed by atoms with E-state index in [-0.39, 0.29) is 11.5 Å². The van der Waals surface area contributed by atoms with E-state index in [2.05, 4.69) is 9.71 Å². The van der Waals surface area contributed by atoms with E-state index < -0.39 is 10.0 Å². The van der Waals surface area contributed by atoms with Gasteiger partial charge in [-0.25, -0.2) is 8.42 Å². The first-order valence-corrected chi connectivity index (χ1v) is 7.28. The van der Waals surface area contributed by atoms with E-state index in [4.69, 9.17) is 0 Å². The summed E-state index contributed by atoms with van der Waals surface area (Å²) in [5, 5.41) is 9.17. The summed E-state index contributed by atoms with van der Waals surface area (Å²) >= 11 is 0. The van der Waals surface area contributed by atoms with E-state index in [1.54, 1.807) is 16.7 Å². The minimum atomic E-state index is -3.64. The summed E-state index contributed by atoms with van der Waals surface area (Å²) in [6, 6.07) is 4.61. The quantitative estimate of drug-likeness (QED) is 0.862. The Bertz CT molecular complexity index is 629. The monoisotopic (exact) mass is 281 g/mol. The van der Waals surface area contributed by atoms with Crippen molar-refractivity contribution < 1.29 is 13.5 Å². The van der Waals surface area contributed by atoms with Gasteiger partial charge in [0, 0.05) is 30.8 Å². The number of aryl methyl sites for hydroxylation is 1. The van der Waals surface area contributed by atoms with Crippen LogP contribution in [0.3, 0.4) is 0 Å². The lowest BCUT2D eigenvalue weighted by Gasteiger charge is -2.05. The summed E-state index contributed by atoms with van der Waals surface area (Å²) in [7, 11) is -3.64. The first-order chi connectivity index (χ1) is 9.06. The molecular weight excluding hydrogens is 266 g/mol. The molecule has 2 aromatic heterocycles. The van der Waals surface area contributed by atoms with E-state index in [1.165, 1.54) is 24.7 Å². The van der Waals surface area contributed by atoms with Crippen molar-refractivity contribution >= 4 is 15.7 Å². The maximum absolute atomic E-state index is 12.2. The molecule has 2 N–H and O–H groups in total. The molecule has 0 aliphatic heterocycles. The molecule has 0 unspecified atom stereocenters. The first-order valence-electron chi connectivity index (χ1n) is 5.79. The van der Waals surface area contributed by atoms with Gasteiger partial charge in [0.05, 0.1) is 12.3 Å². The number of aliphatic hydroxyl groups is 1. The fourth-order valence-electron chi connectivity index (χ4n) is 1.73. The number of aliphatic hydroxyl groups excluding tert-OH is 1. The Kier molecular flexibility index (Phi) is 3.87. The van der Waals surface area contributed by atoms with Crippen LogP contribution in [0.15, 0.2) is 41.7 Å². The molecule has 102 valence electrons. The standard InChI is InChI=1S/C12H15N3O3S/c1-2-15-8-12(7-11(15)9-16)19(17,18)14-10-3-5-13-6-4-10/h3-8,16H,2,9H2,1H3,(H,13,14). The molecule has 0 radical (unpaired) electrons. The second-order valence-corrected chi connectivity index (χ2v) is 5.64. The minimum Gasteiger partial charge on any atom is -0.390 e. The Hall–Kier alpha value is -1.86. The van der Waals surface area contributed by atoms with E-state index >= 15 is 0 Å². The molecule has 6 nitrogen and oxygen atoms in total. The molecule has 0 bridgehead atoms. The number of hydrogen-bond acceptors (Lipinski definition) is 4. The van der Waals surface area contributed by atoms with E-state index in [9.17, 15) is 13.5 Å². The van der Waals surface area contributed by atoms with Crippen molar-refractivity contribution in [2.24, 2.45) is 0 Å². The van der Waals surface area contributed by atoms with Crippen LogP contribution in [0.5, 0.6) is 0 Å². The molecular formula is C12H15N3O3S. The molecule has 0 atom stereocenters. The van der Waals surface area contributed by atoms with Crippen molar-refractivity contribution in [3.63, 3.8) is 0 Å². The van der Waals surface area contributed by atoms with E-state index in [0.29, 0.717) is 17.9 Å². The third-order valence-electron chi connectivity index (χ3n) is 2.71. The van der Waals surface area contributed by atoms with Gasteiger partial charge in [0.2, 0.25) is 0 Å². The van der Waals surface area contributed by atoms with Crippen LogP contribution in [0.25, 0.3) is 0 Å². The van der Waals surface area contributed by atoms with Crippen LogP contribution in [0.2, 0.25) is 0 Å². The van der Waals surface area contributed by atoms with Gasteiger partial charge >= 0.3 is 0 Å². The molecule has 2 aromatic rings. The zero-order valence-corrected chi connectivity index (χ0v) is 11.3. The van der Waals surface area contributed by atoms with Gasteiger partial charge in [0.25, 0.3) is 10.0 Å². The van der Waals surface area contributed by atoms with Crippen LogP contribution < -0.4 is 4.72 Å². The lowest BCUT2D eigenvalue weighted by atomic mass is 10.4. The molecule has 19 heavy (non-hydrogen) atoms. The summed E-state index contributed by atoms with van der Waals surface area (Å²) in [4.78, 5) is 3.96. The van der Waals surface area contributed by atoms with Gasteiger partial charge in [-0.05, 0) is 25.1 Å². The highest BCUT2D eigenvalue weighted by Crippen LogP contribution is 2.18. The molecule has 2 heterocycles. The average molecular weight is 281 g/mol. The van der Waals surface area contributed by atoms with Crippen LogP contribution in [0, 0.1) is 0 Å². The van der Waals surface area contributed by atoms with Gasteiger partial charge in [-0.15, -0.1) is 0 Å². The van der Waals surface area contributed by atoms with Gasteiger partial charge in [0.15, 0.2) is 0 Å². The lowest BCUT2D eigenvalue weighted by Crippen LogP contribution is -2.12. The molecule has 0 saturated carbocycles. The third kappa shape index (κ3) is 2.94. The largest absolute Gasteiger partial charge is 0.390 e. The number of anilines is 1. The van der Waals surface area contributed by atoms with E-state index in [0.717, 1.165) is 0 Å². The molecule has 0 saturated heterocycles. The molecule has 7 heteroatoms. The highest BCUT2D eigenvalue weighted by molar-refractivity contribution is 7.92. The molecule has 0 spiro atoms. The van der Waals surface area contributed by atoms with Crippen LogP contribution in [-0.2, 0) is 23.2 Å². The number of sulfonamides is 1. The Morgan fingerprint density at radius 3 is 2.58 bits per heavy atom. The Morgan fingerprint density at radius 1 is 1.37 bits per heavy atom. The number of hydrogen-bond donors (Lipinski definition) is 2. The maximum Gasteiger partial charge on any atom is 0.263 e. The fraction of sp³-hybridized carbons (Fsp3) is 0.250. The molecule has 0 fully saturated rings. The zero-order chi connectivity index (χ0) is 13.9. The van der Waals surface area contributed by atoms with Gasteiger partial charge in [-0.1, -0.05) is 0 Å². The maximum atomic E-state index is 12.2. The molecule has 2 rings (SSSR count). The Labute approximate surface area is 111 Å². The van der Waals surface area contributed by atoms with Gasteiger partial charge in [-0.3, -0.25) is 9.71 Å². The summed E-state index contributed by atoms with van der Waals surface area (Å²) in [6.45, 7) is 2.28. The minimum absolute atomic E-state index is 0.134. The van der Waals surface area contributed by atoms with Crippen molar-refractivity contribution in [2.45, 2.75) is 25.0 Å². The molecule has 0 aromatic carbocycles. The molecule has 0 amide bonds. The number of pyridine rings is 1. The normalized spacial score (nSPS) is 11.5. The number of rotatable bonds is 5. The predicted molar refractivity (Wildman–Crippen MR) is 71.1 cm³/mol. The summed E-state index contributed by atoms with van der Waals surface area (Å²) in [5.74, 6) is 0. The highest BCUT2D eigenvalue weighted by atomic mass is 32.2. The fourth-order valence-corrected chi connectivity index (χ4v) is 2.85. The van der Waals surface area contributed by atoms with Crippen molar-refractivity contribution in [3.8, 4) is 0 Å². The smallest absolute Gasteiger partial charge is 0.263 e. The molecule has 0 aliphatic carbocycles. The zero-order valence-electron chi connectivity index (χ0n) is 10.4. The number of nitrogens with one attached hydrogen (secondary N) is 1. The van der Waals surface area contributed by atoms with Crippen LogP contribution in [0.1, 0.15) is 12.6 Å².